The van der Waals surface area contributed by atoms with Crippen molar-refractivity contribution in [2.45, 2.75) is 25.2 Å². The quantitative estimate of drug-likeness (QED) is 0.629. The second-order valence-electron chi connectivity index (χ2n) is 2.67. The fourth-order valence-corrected chi connectivity index (χ4v) is 0.989. The molecule has 62 valence electrons. The number of rotatable bonds is 2. The number of carboxylic acid groups (broad SMARTS) is 1. The van der Waals surface area contributed by atoms with E-state index in [1.165, 1.54) is 6.08 Å². The van der Waals surface area contributed by atoms with Crippen LogP contribution in [0.3, 0.4) is 0 Å². The average Bonchev–Trinajstić information content (AvgIpc) is 1.78. The van der Waals surface area contributed by atoms with E-state index in [4.69, 9.17) is 5.11 Å². The third-order valence-corrected chi connectivity index (χ3v) is 1.54. The van der Waals surface area contributed by atoms with Crippen LogP contribution < -0.4 is 0 Å². The normalized spacial score (nSPS) is 20.7. The predicted molar refractivity (Wildman–Crippen MR) is 34.5 cm³/mol. The minimum atomic E-state index is -2.58. The first kappa shape index (κ1) is 8.17. The molecule has 1 saturated carbocycles. The van der Waals surface area contributed by atoms with E-state index in [0.29, 0.717) is 5.57 Å². The Labute approximate surface area is 62.5 Å². The Morgan fingerprint density at radius 3 is 2.55 bits per heavy atom. The molecule has 0 heterocycles. The van der Waals surface area contributed by atoms with E-state index in [9.17, 15) is 13.6 Å². The molecule has 0 aromatic rings. The van der Waals surface area contributed by atoms with Crippen molar-refractivity contribution in [1.82, 2.24) is 0 Å². The van der Waals surface area contributed by atoms with E-state index in [2.05, 4.69) is 0 Å². The summed E-state index contributed by atoms with van der Waals surface area (Å²) in [7, 11) is 0. The van der Waals surface area contributed by atoms with Crippen molar-refractivity contribution in [3.05, 3.63) is 11.6 Å². The van der Waals surface area contributed by atoms with Gasteiger partial charge in [0.15, 0.2) is 0 Å². The predicted octanol–water partition coefficient (Wildman–Crippen LogP) is 1.82. The van der Waals surface area contributed by atoms with Crippen LogP contribution in [0.15, 0.2) is 11.6 Å². The first-order chi connectivity index (χ1) is 4.99. The fourth-order valence-electron chi connectivity index (χ4n) is 0.989. The summed E-state index contributed by atoms with van der Waals surface area (Å²) in [5.41, 5.74) is 0.553. The maximum Gasteiger partial charge on any atom is 0.307 e. The van der Waals surface area contributed by atoms with Gasteiger partial charge in [0.1, 0.15) is 0 Å². The average molecular weight is 162 g/mol. The largest absolute Gasteiger partial charge is 0.481 e. The number of aliphatic carboxylic acids is 1. The summed E-state index contributed by atoms with van der Waals surface area (Å²) in [5.74, 6) is -3.56. The Morgan fingerprint density at radius 1 is 1.64 bits per heavy atom. The molecule has 0 amide bonds. The Hall–Kier alpha value is -0.930. The molecular formula is C7H8F2O2. The number of halogens is 2. The third-order valence-electron chi connectivity index (χ3n) is 1.54. The lowest BCUT2D eigenvalue weighted by molar-refractivity contribution is -0.136. The van der Waals surface area contributed by atoms with Gasteiger partial charge < -0.3 is 5.11 Å². The molecule has 4 heteroatoms. The minimum Gasteiger partial charge on any atom is -0.481 e. The first-order valence-corrected chi connectivity index (χ1v) is 3.27. The number of hydrogen-bond acceptors (Lipinski definition) is 1. The SMILES string of the molecule is O=C(O)CC=C1CC(F)(F)C1. The smallest absolute Gasteiger partial charge is 0.307 e. The number of allylic oxidation sites excluding steroid dienone is 1. The molecule has 0 radical (unpaired) electrons. The number of carbonyl (C=O) groups is 1. The summed E-state index contributed by atoms with van der Waals surface area (Å²) in [6, 6.07) is 0. The van der Waals surface area contributed by atoms with Gasteiger partial charge in [-0.3, -0.25) is 4.79 Å². The van der Waals surface area contributed by atoms with Crippen LogP contribution in [0.2, 0.25) is 0 Å². The maximum absolute atomic E-state index is 12.1. The lowest BCUT2D eigenvalue weighted by Gasteiger charge is -2.28. The van der Waals surface area contributed by atoms with Crippen LogP contribution in [0.1, 0.15) is 19.3 Å². The van der Waals surface area contributed by atoms with Crippen molar-refractivity contribution in [1.29, 1.82) is 0 Å². The topological polar surface area (TPSA) is 37.3 Å². The van der Waals surface area contributed by atoms with Crippen molar-refractivity contribution in [3.63, 3.8) is 0 Å². The molecular weight excluding hydrogens is 154 g/mol. The molecule has 1 N–H and O–H groups in total. The van der Waals surface area contributed by atoms with Crippen molar-refractivity contribution in [2.24, 2.45) is 0 Å². The number of carboxylic acids is 1. The van der Waals surface area contributed by atoms with Gasteiger partial charge in [-0.1, -0.05) is 11.6 Å². The zero-order valence-electron chi connectivity index (χ0n) is 5.81. The monoisotopic (exact) mass is 162 g/mol. The van der Waals surface area contributed by atoms with Gasteiger partial charge in [0.25, 0.3) is 5.92 Å². The Morgan fingerprint density at radius 2 is 2.18 bits per heavy atom. The van der Waals surface area contributed by atoms with Gasteiger partial charge in [-0.25, -0.2) is 8.78 Å². The summed E-state index contributed by atoms with van der Waals surface area (Å²) >= 11 is 0. The Balaban J connectivity index is 2.31. The van der Waals surface area contributed by atoms with Gasteiger partial charge in [0.05, 0.1) is 6.42 Å². The lowest BCUT2D eigenvalue weighted by atomic mass is 9.87. The Bertz CT molecular complexity index is 198. The molecule has 0 atom stereocenters. The highest BCUT2D eigenvalue weighted by atomic mass is 19.3. The Kier molecular flexibility index (Phi) is 1.93. The standard InChI is InChI=1S/C7H8F2O2/c8-7(9)3-5(4-7)1-2-6(10)11/h1H,2-4H2,(H,10,11). The zero-order valence-corrected chi connectivity index (χ0v) is 5.81. The van der Waals surface area contributed by atoms with Gasteiger partial charge in [-0.05, 0) is 0 Å². The van der Waals surface area contributed by atoms with E-state index in [1.54, 1.807) is 0 Å². The molecule has 0 unspecified atom stereocenters. The molecule has 1 fully saturated rings. The van der Waals surface area contributed by atoms with Crippen LogP contribution >= 0.6 is 0 Å². The van der Waals surface area contributed by atoms with E-state index in [1.807, 2.05) is 0 Å². The highest BCUT2D eigenvalue weighted by molar-refractivity contribution is 5.68. The molecule has 0 bridgehead atoms. The molecule has 11 heavy (non-hydrogen) atoms. The van der Waals surface area contributed by atoms with Crippen molar-refractivity contribution in [3.8, 4) is 0 Å². The van der Waals surface area contributed by atoms with E-state index < -0.39 is 11.9 Å². The second kappa shape index (κ2) is 2.60. The van der Waals surface area contributed by atoms with Gasteiger partial charge in [-0.15, -0.1) is 0 Å². The summed E-state index contributed by atoms with van der Waals surface area (Å²) in [6.45, 7) is 0. The molecule has 0 aromatic heterocycles. The molecule has 1 aliphatic rings. The summed E-state index contributed by atoms with van der Waals surface area (Å²) in [5, 5.41) is 8.18. The fraction of sp³-hybridized carbons (Fsp3) is 0.571. The molecule has 0 saturated heterocycles. The number of hydrogen-bond donors (Lipinski definition) is 1. The summed E-state index contributed by atoms with van der Waals surface area (Å²) < 4.78 is 24.2. The van der Waals surface area contributed by atoms with Crippen LogP contribution in [0, 0.1) is 0 Å². The van der Waals surface area contributed by atoms with Crippen LogP contribution in [-0.4, -0.2) is 17.0 Å². The van der Waals surface area contributed by atoms with Gasteiger partial charge in [0, 0.05) is 12.8 Å². The maximum atomic E-state index is 12.1. The highest BCUT2D eigenvalue weighted by Crippen LogP contribution is 2.41. The molecule has 2 nitrogen and oxygen atoms in total. The van der Waals surface area contributed by atoms with Crippen LogP contribution in [0.4, 0.5) is 8.78 Å². The van der Waals surface area contributed by atoms with Crippen LogP contribution in [0.5, 0.6) is 0 Å². The number of alkyl halides is 2. The van der Waals surface area contributed by atoms with Crippen molar-refractivity contribution >= 4 is 5.97 Å². The van der Waals surface area contributed by atoms with Gasteiger partial charge in [-0.2, -0.15) is 0 Å². The van der Waals surface area contributed by atoms with Crippen LogP contribution in [0.25, 0.3) is 0 Å². The van der Waals surface area contributed by atoms with Gasteiger partial charge in [0.2, 0.25) is 0 Å². The minimum absolute atomic E-state index is 0.147. The van der Waals surface area contributed by atoms with Crippen LogP contribution in [-0.2, 0) is 4.79 Å². The summed E-state index contributed by atoms with van der Waals surface area (Å²) in [6.07, 6.45) is 0.686. The molecule has 0 aliphatic heterocycles. The molecule has 0 aromatic carbocycles. The van der Waals surface area contributed by atoms with E-state index >= 15 is 0 Å². The molecule has 0 spiro atoms. The first-order valence-electron chi connectivity index (χ1n) is 3.27. The zero-order chi connectivity index (χ0) is 8.48. The highest BCUT2D eigenvalue weighted by Gasteiger charge is 2.40. The second-order valence-corrected chi connectivity index (χ2v) is 2.67. The lowest BCUT2D eigenvalue weighted by Crippen LogP contribution is -2.28. The van der Waals surface area contributed by atoms with E-state index in [-0.39, 0.29) is 19.3 Å². The van der Waals surface area contributed by atoms with Gasteiger partial charge >= 0.3 is 5.97 Å². The molecule has 1 aliphatic carbocycles. The van der Waals surface area contributed by atoms with Crippen molar-refractivity contribution in [2.75, 3.05) is 0 Å². The molecule has 1 rings (SSSR count). The summed E-state index contributed by atoms with van der Waals surface area (Å²) in [4.78, 5) is 9.97. The van der Waals surface area contributed by atoms with Crippen molar-refractivity contribution < 1.29 is 18.7 Å². The van der Waals surface area contributed by atoms with E-state index in [0.717, 1.165) is 0 Å². The third kappa shape index (κ3) is 2.29.